The maximum atomic E-state index is 12.7. The molecule has 2 aromatic rings. The molecule has 1 unspecified atom stereocenters. The van der Waals surface area contributed by atoms with Gasteiger partial charge in [-0.3, -0.25) is 4.79 Å². The number of carbonyl (C=O) groups excluding carboxylic acids is 1. The third kappa shape index (κ3) is 5.20. The number of aromatic carboxylic acids is 1. The van der Waals surface area contributed by atoms with Crippen molar-refractivity contribution in [2.45, 2.75) is 44.7 Å². The van der Waals surface area contributed by atoms with E-state index in [0.29, 0.717) is 30.6 Å². The van der Waals surface area contributed by atoms with Gasteiger partial charge in [0, 0.05) is 25.4 Å². The van der Waals surface area contributed by atoms with Crippen LogP contribution in [0, 0.1) is 6.92 Å². The monoisotopic (exact) mass is 419 g/mol. The van der Waals surface area contributed by atoms with Gasteiger partial charge in [0.2, 0.25) is 5.91 Å². The number of halogens is 3. The first-order chi connectivity index (χ1) is 14.1. The van der Waals surface area contributed by atoms with E-state index in [1.807, 2.05) is 6.07 Å². The first-order valence-electron chi connectivity index (χ1n) is 9.93. The summed E-state index contributed by atoms with van der Waals surface area (Å²) in [4.78, 5) is 25.8. The predicted molar refractivity (Wildman–Crippen MR) is 106 cm³/mol. The average Bonchev–Trinajstić information content (AvgIpc) is 2.72. The average molecular weight is 419 g/mol. The highest BCUT2D eigenvalue weighted by atomic mass is 19.4. The van der Waals surface area contributed by atoms with Crippen LogP contribution in [0.1, 0.15) is 57.8 Å². The van der Waals surface area contributed by atoms with Crippen molar-refractivity contribution < 1.29 is 27.9 Å². The number of likely N-dealkylation sites (tertiary alicyclic amines) is 1. The second kappa shape index (κ2) is 8.90. The van der Waals surface area contributed by atoms with Crippen LogP contribution >= 0.6 is 0 Å². The number of benzene rings is 2. The predicted octanol–water partition coefficient (Wildman–Crippen LogP) is 5.05. The molecule has 4 nitrogen and oxygen atoms in total. The van der Waals surface area contributed by atoms with Crippen molar-refractivity contribution in [2.75, 3.05) is 13.1 Å². The SMILES string of the molecule is Cc1ccc(C2CCCN(C(=O)CCc3ccc(C(F)(F)F)cc3)C2)cc1C(=O)O. The van der Waals surface area contributed by atoms with E-state index in [1.54, 1.807) is 24.0 Å². The maximum Gasteiger partial charge on any atom is 0.416 e. The molecule has 1 amide bonds. The van der Waals surface area contributed by atoms with Gasteiger partial charge in [0.25, 0.3) is 0 Å². The first-order valence-corrected chi connectivity index (χ1v) is 9.93. The number of nitrogens with zero attached hydrogens (tertiary/aromatic N) is 1. The highest BCUT2D eigenvalue weighted by molar-refractivity contribution is 5.89. The Hall–Kier alpha value is -2.83. The fourth-order valence-corrected chi connectivity index (χ4v) is 3.87. The summed E-state index contributed by atoms with van der Waals surface area (Å²) in [6.07, 6.45) is -2.05. The summed E-state index contributed by atoms with van der Waals surface area (Å²) in [6.45, 7) is 2.92. The largest absolute Gasteiger partial charge is 0.478 e. The summed E-state index contributed by atoms with van der Waals surface area (Å²) < 4.78 is 38.0. The number of piperidine rings is 1. The number of hydrogen-bond donors (Lipinski definition) is 1. The van der Waals surface area contributed by atoms with Gasteiger partial charge >= 0.3 is 12.1 Å². The Bertz CT molecular complexity index is 922. The molecule has 0 radical (unpaired) electrons. The second-order valence-electron chi connectivity index (χ2n) is 7.75. The van der Waals surface area contributed by atoms with Gasteiger partial charge in [0.15, 0.2) is 0 Å². The number of rotatable bonds is 5. The molecule has 1 atom stereocenters. The minimum absolute atomic E-state index is 0.0369. The molecule has 1 N–H and O–H groups in total. The minimum atomic E-state index is -4.37. The highest BCUT2D eigenvalue weighted by Gasteiger charge is 2.30. The molecule has 2 aromatic carbocycles. The van der Waals surface area contributed by atoms with E-state index in [-0.39, 0.29) is 23.8 Å². The fourth-order valence-electron chi connectivity index (χ4n) is 3.87. The lowest BCUT2D eigenvalue weighted by molar-refractivity contribution is -0.137. The molecule has 1 fully saturated rings. The molecule has 1 aliphatic rings. The molecule has 160 valence electrons. The van der Waals surface area contributed by atoms with Crippen LogP contribution < -0.4 is 0 Å². The standard InChI is InChI=1S/C23H24F3NO3/c1-15-4-8-17(13-20(15)22(29)30)18-3-2-12-27(14-18)21(28)11-7-16-5-9-19(10-6-16)23(24,25)26/h4-6,8-10,13,18H,2-3,7,11-12,14H2,1H3,(H,29,30). The topological polar surface area (TPSA) is 57.6 Å². The van der Waals surface area contributed by atoms with Crippen molar-refractivity contribution in [2.24, 2.45) is 0 Å². The van der Waals surface area contributed by atoms with Crippen molar-refractivity contribution in [3.8, 4) is 0 Å². The Labute approximate surface area is 173 Å². The van der Waals surface area contributed by atoms with Crippen molar-refractivity contribution in [3.05, 3.63) is 70.3 Å². The number of alkyl halides is 3. The Morgan fingerprint density at radius 3 is 2.47 bits per heavy atom. The van der Waals surface area contributed by atoms with Gasteiger partial charge < -0.3 is 10.0 Å². The van der Waals surface area contributed by atoms with Crippen LogP contribution in [-0.2, 0) is 17.4 Å². The zero-order valence-electron chi connectivity index (χ0n) is 16.7. The van der Waals surface area contributed by atoms with Crippen LogP contribution in [0.2, 0.25) is 0 Å². The van der Waals surface area contributed by atoms with Crippen LogP contribution in [-0.4, -0.2) is 35.0 Å². The summed E-state index contributed by atoms with van der Waals surface area (Å²) in [5.74, 6) is -0.924. The summed E-state index contributed by atoms with van der Waals surface area (Å²) in [5, 5.41) is 9.34. The molecule has 0 saturated carbocycles. The van der Waals surface area contributed by atoms with Gasteiger partial charge in [0.05, 0.1) is 11.1 Å². The van der Waals surface area contributed by atoms with E-state index >= 15 is 0 Å². The maximum absolute atomic E-state index is 12.7. The van der Waals surface area contributed by atoms with Crippen LogP contribution in [0.5, 0.6) is 0 Å². The number of carboxylic acid groups (broad SMARTS) is 1. The van der Waals surface area contributed by atoms with E-state index < -0.39 is 17.7 Å². The number of hydrogen-bond acceptors (Lipinski definition) is 2. The zero-order valence-corrected chi connectivity index (χ0v) is 16.7. The molecule has 3 rings (SSSR count). The number of carboxylic acids is 1. The molecule has 30 heavy (non-hydrogen) atoms. The Kier molecular flexibility index (Phi) is 6.48. The van der Waals surface area contributed by atoms with Gasteiger partial charge in [-0.2, -0.15) is 13.2 Å². The summed E-state index contributed by atoms with van der Waals surface area (Å²) in [7, 11) is 0. The van der Waals surface area contributed by atoms with E-state index in [1.165, 1.54) is 12.1 Å². The third-order valence-corrected chi connectivity index (χ3v) is 5.65. The summed E-state index contributed by atoms with van der Waals surface area (Å²) in [5.41, 5.74) is 1.88. The quantitative estimate of drug-likeness (QED) is 0.738. The number of amides is 1. The molecule has 0 aromatic heterocycles. The van der Waals surface area contributed by atoms with E-state index in [4.69, 9.17) is 0 Å². The van der Waals surface area contributed by atoms with Crippen LogP contribution in [0.25, 0.3) is 0 Å². The van der Waals surface area contributed by atoms with Gasteiger partial charge in [0.1, 0.15) is 0 Å². The zero-order chi connectivity index (χ0) is 21.9. The summed E-state index contributed by atoms with van der Waals surface area (Å²) >= 11 is 0. The number of carbonyl (C=O) groups is 2. The molecule has 0 aliphatic carbocycles. The van der Waals surface area contributed by atoms with Gasteiger partial charge in [-0.05, 0) is 61.1 Å². The van der Waals surface area contributed by atoms with Crippen LogP contribution in [0.3, 0.4) is 0 Å². The number of aryl methyl sites for hydroxylation is 2. The van der Waals surface area contributed by atoms with Gasteiger partial charge in [-0.1, -0.05) is 24.3 Å². The smallest absolute Gasteiger partial charge is 0.416 e. The summed E-state index contributed by atoms with van der Waals surface area (Å²) in [6, 6.07) is 10.3. The van der Waals surface area contributed by atoms with Gasteiger partial charge in [-0.25, -0.2) is 4.79 Å². The fraction of sp³-hybridized carbons (Fsp3) is 0.391. The lowest BCUT2D eigenvalue weighted by atomic mass is 9.88. The molecular weight excluding hydrogens is 395 g/mol. The van der Waals surface area contributed by atoms with Crippen molar-refractivity contribution in [1.29, 1.82) is 0 Å². The van der Waals surface area contributed by atoms with Gasteiger partial charge in [-0.15, -0.1) is 0 Å². The minimum Gasteiger partial charge on any atom is -0.478 e. The molecule has 0 spiro atoms. The molecule has 0 bridgehead atoms. The normalized spacial score (nSPS) is 17.1. The second-order valence-corrected chi connectivity index (χ2v) is 7.75. The highest BCUT2D eigenvalue weighted by Crippen LogP contribution is 2.30. The van der Waals surface area contributed by atoms with E-state index in [9.17, 15) is 27.9 Å². The van der Waals surface area contributed by atoms with Crippen molar-refractivity contribution in [3.63, 3.8) is 0 Å². The van der Waals surface area contributed by atoms with Crippen LogP contribution in [0.4, 0.5) is 13.2 Å². The van der Waals surface area contributed by atoms with E-state index in [0.717, 1.165) is 30.5 Å². The molecular formula is C23H24F3NO3. The van der Waals surface area contributed by atoms with Crippen molar-refractivity contribution >= 4 is 11.9 Å². The van der Waals surface area contributed by atoms with E-state index in [2.05, 4.69) is 0 Å². The Balaban J connectivity index is 1.61. The first kappa shape index (κ1) is 21.9. The third-order valence-electron chi connectivity index (χ3n) is 5.65. The van der Waals surface area contributed by atoms with Crippen molar-refractivity contribution in [1.82, 2.24) is 4.90 Å². The molecule has 1 heterocycles. The van der Waals surface area contributed by atoms with Crippen LogP contribution in [0.15, 0.2) is 42.5 Å². The Morgan fingerprint density at radius 1 is 1.13 bits per heavy atom. The lowest BCUT2D eigenvalue weighted by Gasteiger charge is -2.33. The Morgan fingerprint density at radius 2 is 1.83 bits per heavy atom. The lowest BCUT2D eigenvalue weighted by Crippen LogP contribution is -2.39. The molecule has 7 heteroatoms. The molecule has 1 saturated heterocycles. The molecule has 1 aliphatic heterocycles.